The van der Waals surface area contributed by atoms with Gasteiger partial charge in [-0.1, -0.05) is 46.5 Å². The van der Waals surface area contributed by atoms with Crippen LogP contribution in [0.1, 0.15) is 34.6 Å². The van der Waals surface area contributed by atoms with Crippen molar-refractivity contribution >= 4 is 0 Å². The maximum atomic E-state index is 3.75. The van der Waals surface area contributed by atoms with E-state index in [-0.39, 0.29) is 45.6 Å². The summed E-state index contributed by atoms with van der Waals surface area (Å²) in [6.07, 6.45) is 3.13. The van der Waals surface area contributed by atoms with Crippen molar-refractivity contribution < 1.29 is 32.7 Å². The third-order valence-electron chi connectivity index (χ3n) is 2.78. The van der Waals surface area contributed by atoms with E-state index < -0.39 is 0 Å². The van der Waals surface area contributed by atoms with Gasteiger partial charge in [0.05, 0.1) is 0 Å². The van der Waals surface area contributed by atoms with Gasteiger partial charge in [0.1, 0.15) is 0 Å². The third-order valence-corrected chi connectivity index (χ3v) is 2.78. The first-order chi connectivity index (χ1) is 4.45. The number of hydrogen-bond donors (Lipinski definition) is 0. The zero-order chi connectivity index (χ0) is 8.36. The van der Waals surface area contributed by atoms with Crippen LogP contribution in [-0.4, -0.2) is 0 Å². The van der Waals surface area contributed by atoms with Crippen molar-refractivity contribution in [2.75, 3.05) is 0 Å². The van der Waals surface area contributed by atoms with Crippen molar-refractivity contribution in [1.82, 2.24) is 0 Å². The molecule has 0 spiro atoms. The number of hydrogen-bond acceptors (Lipinski definition) is 0. The monoisotopic (exact) mass is 243 g/mol. The van der Waals surface area contributed by atoms with Crippen LogP contribution in [0.4, 0.5) is 0 Å². The van der Waals surface area contributed by atoms with E-state index in [1.165, 1.54) is 0 Å². The molecule has 0 rings (SSSR count). The minimum atomic E-state index is 0. The van der Waals surface area contributed by atoms with Gasteiger partial charge >= 0.3 is 0 Å². The molecular formula is C11H22Y-2. The second kappa shape index (κ2) is 7.27. The zero-order valence-corrected chi connectivity index (χ0v) is 12.3. The predicted octanol–water partition coefficient (Wildman–Crippen LogP) is 3.74. The first-order valence-electron chi connectivity index (χ1n) is 3.99. The molecule has 0 fully saturated rings. The van der Waals surface area contributed by atoms with Gasteiger partial charge < -0.3 is 13.5 Å². The second-order valence-corrected chi connectivity index (χ2v) is 3.77. The molecule has 0 amide bonds. The Hall–Kier alpha value is 0.844. The Labute approximate surface area is 104 Å². The molecule has 1 heteroatoms. The van der Waals surface area contributed by atoms with Crippen LogP contribution in [0, 0.1) is 30.8 Å². The van der Waals surface area contributed by atoms with Crippen molar-refractivity contribution in [2.45, 2.75) is 34.6 Å². The molecule has 1 radical (unpaired) electrons. The quantitative estimate of drug-likeness (QED) is 0.662. The van der Waals surface area contributed by atoms with Gasteiger partial charge in [-0.05, 0) is 0 Å². The predicted molar refractivity (Wildman–Crippen MR) is 53.1 cm³/mol. The summed E-state index contributed by atoms with van der Waals surface area (Å²) in [6, 6.07) is 0. The van der Waals surface area contributed by atoms with Crippen LogP contribution in [0.2, 0.25) is 0 Å². The summed E-state index contributed by atoms with van der Waals surface area (Å²) in [5, 5.41) is 0. The van der Waals surface area contributed by atoms with E-state index in [4.69, 9.17) is 0 Å². The summed E-state index contributed by atoms with van der Waals surface area (Å²) in [4.78, 5) is 0. The topological polar surface area (TPSA) is 0 Å². The molecule has 0 bridgehead atoms. The normalized spacial score (nSPS) is 10.6. The molecule has 0 aliphatic rings. The summed E-state index contributed by atoms with van der Waals surface area (Å²) in [5.74, 6) is 1.26. The third kappa shape index (κ3) is 4.19. The van der Waals surface area contributed by atoms with Gasteiger partial charge in [0.15, 0.2) is 0 Å². The standard InChI is InChI=1S/C10H19.CH3.Y/c1-7-10(6,8(2)3)9(4)5;;/h8-9H,1H2,2-6H3;1H3;/q2*-1;. The Balaban J connectivity index is -0.000000405. The minimum Gasteiger partial charge on any atom is -0.497 e. The molecule has 0 nitrogen and oxygen atoms in total. The van der Waals surface area contributed by atoms with E-state index >= 15 is 0 Å². The van der Waals surface area contributed by atoms with Crippen LogP contribution in [0.3, 0.4) is 0 Å². The van der Waals surface area contributed by atoms with Crippen molar-refractivity contribution in [3.63, 3.8) is 0 Å². The minimum absolute atomic E-state index is 0. The molecule has 0 saturated heterocycles. The van der Waals surface area contributed by atoms with Crippen LogP contribution >= 0.6 is 0 Å². The van der Waals surface area contributed by atoms with Gasteiger partial charge in [0.25, 0.3) is 0 Å². The van der Waals surface area contributed by atoms with Gasteiger partial charge in [-0.2, -0.15) is 5.41 Å². The second-order valence-electron chi connectivity index (χ2n) is 3.77. The molecule has 0 heterocycles. The van der Waals surface area contributed by atoms with Gasteiger partial charge in [0.2, 0.25) is 0 Å². The fraction of sp³-hybridized carbons (Fsp3) is 0.727. The zero-order valence-electron chi connectivity index (χ0n) is 9.44. The fourth-order valence-electron chi connectivity index (χ4n) is 1.07. The average molecular weight is 243 g/mol. The van der Waals surface area contributed by atoms with Crippen LogP contribution in [0.5, 0.6) is 0 Å². The molecule has 0 aliphatic heterocycles. The molecule has 12 heavy (non-hydrogen) atoms. The molecule has 0 aromatic heterocycles. The number of allylic oxidation sites excluding steroid dienone is 1. The molecule has 0 aromatic rings. The average Bonchev–Trinajstić information content (AvgIpc) is 1.85. The van der Waals surface area contributed by atoms with E-state index in [9.17, 15) is 0 Å². The Morgan fingerprint density at radius 1 is 1.08 bits per heavy atom. The van der Waals surface area contributed by atoms with Crippen LogP contribution in [0.15, 0.2) is 6.58 Å². The number of rotatable bonds is 3. The first-order valence-corrected chi connectivity index (χ1v) is 3.99. The molecule has 0 unspecified atom stereocenters. The first kappa shape index (κ1) is 18.6. The van der Waals surface area contributed by atoms with E-state index in [1.54, 1.807) is 0 Å². The van der Waals surface area contributed by atoms with Crippen LogP contribution < -0.4 is 0 Å². The molecule has 0 aromatic carbocycles. The Morgan fingerprint density at radius 3 is 1.33 bits per heavy atom. The van der Waals surface area contributed by atoms with Crippen molar-refractivity contribution in [3.05, 3.63) is 20.1 Å². The van der Waals surface area contributed by atoms with Gasteiger partial charge in [0, 0.05) is 32.7 Å². The van der Waals surface area contributed by atoms with E-state index in [2.05, 4.69) is 47.3 Å². The Morgan fingerprint density at radius 2 is 1.33 bits per heavy atom. The summed E-state index contributed by atoms with van der Waals surface area (Å²) >= 11 is 0. The molecule has 0 N–H and O–H groups in total. The molecule has 71 valence electrons. The summed E-state index contributed by atoms with van der Waals surface area (Å²) in [7, 11) is 0. The van der Waals surface area contributed by atoms with Crippen LogP contribution in [0.25, 0.3) is 0 Å². The molecule has 0 aliphatic carbocycles. The van der Waals surface area contributed by atoms with E-state index in [0.717, 1.165) is 0 Å². The summed E-state index contributed by atoms with van der Waals surface area (Å²) < 4.78 is 0. The summed E-state index contributed by atoms with van der Waals surface area (Å²) in [5.41, 5.74) is 0.181. The SMILES string of the molecule is C=[C-]C(C)(C(C)C)C(C)C.[CH3-].[Y]. The van der Waals surface area contributed by atoms with E-state index in [0.29, 0.717) is 11.8 Å². The smallest absolute Gasteiger partial charge is 0 e. The summed E-state index contributed by atoms with van der Waals surface area (Å²) in [6.45, 7) is 14.8. The largest absolute Gasteiger partial charge is 0.497 e. The van der Waals surface area contributed by atoms with Crippen molar-refractivity contribution in [2.24, 2.45) is 17.3 Å². The molecule has 0 atom stereocenters. The molecule has 0 saturated carbocycles. The van der Waals surface area contributed by atoms with Gasteiger partial charge in [-0.25, -0.2) is 0 Å². The van der Waals surface area contributed by atoms with E-state index in [1.807, 2.05) is 0 Å². The van der Waals surface area contributed by atoms with Crippen molar-refractivity contribution in [3.8, 4) is 0 Å². The maximum Gasteiger partial charge on any atom is 0 e. The van der Waals surface area contributed by atoms with Gasteiger partial charge in [-0.15, -0.1) is 0 Å². The Kier molecular flexibility index (Phi) is 11.3. The van der Waals surface area contributed by atoms with Crippen LogP contribution in [-0.2, 0) is 32.7 Å². The Bertz CT molecular complexity index is 106. The maximum absolute atomic E-state index is 3.75. The fourth-order valence-corrected chi connectivity index (χ4v) is 1.07. The molecular weight excluding hydrogens is 221 g/mol. The van der Waals surface area contributed by atoms with Crippen molar-refractivity contribution in [1.29, 1.82) is 0 Å². The van der Waals surface area contributed by atoms with Gasteiger partial charge in [-0.3, -0.25) is 6.58 Å².